The highest BCUT2D eigenvalue weighted by Gasteiger charge is 2.61. The van der Waals surface area contributed by atoms with Gasteiger partial charge in [-0.05, 0) is 116 Å². The zero-order valence-electron chi connectivity index (χ0n) is 30.7. The molecule has 1 aliphatic heterocycles. The fourth-order valence-corrected chi connectivity index (χ4v) is 11.7. The number of esters is 1. The van der Waals surface area contributed by atoms with Gasteiger partial charge >= 0.3 is 5.97 Å². The number of hydrogen-bond acceptors (Lipinski definition) is 7. The van der Waals surface area contributed by atoms with Crippen molar-refractivity contribution in [1.82, 2.24) is 0 Å². The Hall–Kier alpha value is -0.730. The number of aliphatic hydroxyl groups excluding tert-OH is 3. The Morgan fingerprint density at radius 2 is 1.57 bits per heavy atom. The van der Waals surface area contributed by atoms with E-state index in [-0.39, 0.29) is 18.7 Å². The minimum atomic E-state index is -1.42. The predicted molar refractivity (Wildman–Crippen MR) is 184 cm³/mol. The average Bonchev–Trinajstić information content (AvgIpc) is 3.40. The van der Waals surface area contributed by atoms with E-state index in [0.29, 0.717) is 23.2 Å². The lowest BCUT2D eigenvalue weighted by atomic mass is 9.44. The molecule has 47 heavy (non-hydrogen) atoms. The van der Waals surface area contributed by atoms with Crippen molar-refractivity contribution in [3.8, 4) is 0 Å². The molecule has 14 atom stereocenters. The van der Waals surface area contributed by atoms with Crippen LogP contribution < -0.4 is 0 Å². The van der Waals surface area contributed by atoms with E-state index < -0.39 is 30.7 Å². The van der Waals surface area contributed by atoms with E-state index in [4.69, 9.17) is 14.2 Å². The van der Waals surface area contributed by atoms with Gasteiger partial charge in [0.05, 0.1) is 6.10 Å². The van der Waals surface area contributed by atoms with Crippen LogP contribution in [-0.2, 0) is 19.0 Å². The lowest BCUT2D eigenvalue weighted by Crippen LogP contribution is -2.60. The molecule has 1 heterocycles. The molecule has 6 unspecified atom stereocenters. The molecule has 0 bridgehead atoms. The molecular formula is C40H70O7. The second kappa shape index (κ2) is 16.1. The maximum absolute atomic E-state index is 12.2. The molecule has 272 valence electrons. The Bertz CT molecular complexity index is 1000. The maximum Gasteiger partial charge on any atom is 0.305 e. The summed E-state index contributed by atoms with van der Waals surface area (Å²) in [5.74, 6) is 5.26. The minimum Gasteiger partial charge on any atom is -0.463 e. The van der Waals surface area contributed by atoms with E-state index in [1.165, 1.54) is 57.8 Å². The van der Waals surface area contributed by atoms with Crippen LogP contribution in [0.15, 0.2) is 0 Å². The fraction of sp³-hybridized carbons (Fsp3) is 0.975. The monoisotopic (exact) mass is 663 g/mol. The number of carbonyl (C=O) groups excluding carboxylic acids is 1. The number of rotatable bonds is 14. The van der Waals surface area contributed by atoms with E-state index in [1.807, 2.05) is 0 Å². The number of unbranched alkanes of at least 4 members (excludes halogenated alkanes) is 3. The van der Waals surface area contributed by atoms with E-state index >= 15 is 0 Å². The molecule has 4 aliphatic carbocycles. The second-order valence-corrected chi connectivity index (χ2v) is 17.7. The van der Waals surface area contributed by atoms with E-state index in [2.05, 4.69) is 41.5 Å². The van der Waals surface area contributed by atoms with Crippen LogP contribution in [0.2, 0.25) is 0 Å². The molecule has 1 saturated heterocycles. The standard InChI is InChI=1S/C40H70O7/c1-7-8-9-10-14-34(41)45-24-33-35(42)36(43)37(44)38(47-33)46-28-19-21-39(5)27(23-28)15-16-29-31-18-17-30(26(4)13-11-12-25(2)3)40(31,6)22-20-32(29)39/h25-33,35-38,42-44H,7-24H2,1-6H3/t26-,27+,28+,29-,30?,31+,32?,33?,35+,36?,37+,38-,39?,40?/m1/s1. The van der Waals surface area contributed by atoms with Crippen LogP contribution in [0.4, 0.5) is 0 Å². The zero-order valence-corrected chi connectivity index (χ0v) is 30.7. The summed E-state index contributed by atoms with van der Waals surface area (Å²) in [5.41, 5.74) is 0.822. The molecule has 0 amide bonds. The van der Waals surface area contributed by atoms with Crippen molar-refractivity contribution < 1.29 is 34.3 Å². The third-order valence-corrected chi connectivity index (χ3v) is 14.5. The van der Waals surface area contributed by atoms with Crippen LogP contribution in [0.1, 0.15) is 151 Å². The summed E-state index contributed by atoms with van der Waals surface area (Å²) in [6.45, 7) is 14.5. The normalized spacial score (nSPS) is 44.0. The summed E-state index contributed by atoms with van der Waals surface area (Å²) in [7, 11) is 0. The molecule has 5 rings (SSSR count). The number of aliphatic hydroxyl groups is 3. The van der Waals surface area contributed by atoms with Crippen molar-refractivity contribution in [2.24, 2.45) is 52.3 Å². The molecule has 4 saturated carbocycles. The quantitative estimate of drug-likeness (QED) is 0.0990. The Kier molecular flexibility index (Phi) is 12.8. The Morgan fingerprint density at radius 1 is 0.830 bits per heavy atom. The largest absolute Gasteiger partial charge is 0.463 e. The van der Waals surface area contributed by atoms with Gasteiger partial charge in [-0.3, -0.25) is 4.79 Å². The molecule has 0 spiro atoms. The third kappa shape index (κ3) is 8.10. The summed E-state index contributed by atoms with van der Waals surface area (Å²) >= 11 is 0. The van der Waals surface area contributed by atoms with Gasteiger partial charge in [-0.15, -0.1) is 0 Å². The van der Waals surface area contributed by atoms with Crippen molar-refractivity contribution in [2.45, 2.75) is 188 Å². The van der Waals surface area contributed by atoms with Crippen LogP contribution in [0, 0.1) is 52.3 Å². The van der Waals surface area contributed by atoms with Gasteiger partial charge in [0.1, 0.15) is 31.0 Å². The van der Waals surface area contributed by atoms with Crippen molar-refractivity contribution in [2.75, 3.05) is 6.61 Å². The average molecular weight is 663 g/mol. The molecular weight excluding hydrogens is 592 g/mol. The Labute approximate surface area is 286 Å². The van der Waals surface area contributed by atoms with Gasteiger partial charge in [-0.25, -0.2) is 0 Å². The highest BCUT2D eigenvalue weighted by atomic mass is 16.7. The van der Waals surface area contributed by atoms with Crippen LogP contribution >= 0.6 is 0 Å². The molecule has 0 aromatic heterocycles. The summed E-state index contributed by atoms with van der Waals surface area (Å²) in [6, 6.07) is 0. The van der Waals surface area contributed by atoms with Gasteiger partial charge in [-0.1, -0.05) is 80.1 Å². The third-order valence-electron chi connectivity index (χ3n) is 14.5. The molecule has 3 N–H and O–H groups in total. The van der Waals surface area contributed by atoms with Crippen LogP contribution in [0.3, 0.4) is 0 Å². The number of carbonyl (C=O) groups is 1. The molecule has 5 fully saturated rings. The first-order valence-electron chi connectivity index (χ1n) is 19.9. The van der Waals surface area contributed by atoms with Crippen LogP contribution in [0.25, 0.3) is 0 Å². The Morgan fingerprint density at radius 3 is 2.32 bits per heavy atom. The summed E-state index contributed by atoms with van der Waals surface area (Å²) in [6.07, 6.45) is 13.3. The smallest absolute Gasteiger partial charge is 0.305 e. The first kappa shape index (κ1) is 37.5. The van der Waals surface area contributed by atoms with Gasteiger partial charge in [0.2, 0.25) is 0 Å². The molecule has 7 heteroatoms. The van der Waals surface area contributed by atoms with E-state index in [1.54, 1.807) is 0 Å². The predicted octanol–water partition coefficient (Wildman–Crippen LogP) is 7.81. The van der Waals surface area contributed by atoms with Crippen molar-refractivity contribution >= 4 is 5.97 Å². The van der Waals surface area contributed by atoms with Gasteiger partial charge < -0.3 is 29.5 Å². The van der Waals surface area contributed by atoms with Gasteiger partial charge in [-0.2, -0.15) is 0 Å². The van der Waals surface area contributed by atoms with Crippen molar-refractivity contribution in [1.29, 1.82) is 0 Å². The van der Waals surface area contributed by atoms with Gasteiger partial charge in [0.15, 0.2) is 6.29 Å². The minimum absolute atomic E-state index is 0.0649. The summed E-state index contributed by atoms with van der Waals surface area (Å²) < 4.78 is 17.8. The SMILES string of the molecule is CCCCCCC(=O)OCC1O[C@@H](O[C@H]2CCC3(C)C4CCC5(C)C([C@H](C)CCCC(C)C)CC[C@H]5[C@H]4CC[C@H]3C2)[C@@H](O)C(O)[C@H]1O. The lowest BCUT2D eigenvalue weighted by molar-refractivity contribution is -0.317. The van der Waals surface area contributed by atoms with Crippen molar-refractivity contribution in [3.05, 3.63) is 0 Å². The molecule has 5 aliphatic rings. The van der Waals surface area contributed by atoms with Gasteiger partial charge in [0.25, 0.3) is 0 Å². The summed E-state index contributed by atoms with van der Waals surface area (Å²) in [5, 5.41) is 32.1. The Balaban J connectivity index is 1.15. The van der Waals surface area contributed by atoms with Crippen molar-refractivity contribution in [3.63, 3.8) is 0 Å². The van der Waals surface area contributed by atoms with Crippen LogP contribution in [-0.4, -0.2) is 64.7 Å². The van der Waals surface area contributed by atoms with E-state index in [0.717, 1.165) is 80.5 Å². The van der Waals surface area contributed by atoms with E-state index in [9.17, 15) is 20.1 Å². The first-order chi connectivity index (χ1) is 22.4. The highest BCUT2D eigenvalue weighted by molar-refractivity contribution is 5.69. The number of fused-ring (bicyclic) bond motifs is 5. The lowest BCUT2D eigenvalue weighted by Gasteiger charge is -2.61. The summed E-state index contributed by atoms with van der Waals surface area (Å²) in [4.78, 5) is 12.2. The maximum atomic E-state index is 12.2. The molecule has 0 aromatic rings. The molecule has 0 radical (unpaired) electrons. The highest BCUT2D eigenvalue weighted by Crippen LogP contribution is 2.68. The fourth-order valence-electron chi connectivity index (χ4n) is 11.7. The first-order valence-corrected chi connectivity index (χ1v) is 19.9. The molecule has 0 aromatic carbocycles. The second-order valence-electron chi connectivity index (χ2n) is 17.7. The molecule has 7 nitrogen and oxygen atoms in total. The van der Waals surface area contributed by atoms with Crippen LogP contribution in [0.5, 0.6) is 0 Å². The van der Waals surface area contributed by atoms with Gasteiger partial charge in [0, 0.05) is 6.42 Å². The topological polar surface area (TPSA) is 105 Å². The zero-order chi connectivity index (χ0) is 33.9. The number of ether oxygens (including phenoxy) is 3. The number of hydrogen-bond donors (Lipinski definition) is 3.